The van der Waals surface area contributed by atoms with Crippen molar-refractivity contribution in [3.8, 4) is 0 Å². The van der Waals surface area contributed by atoms with Crippen LogP contribution in [0.25, 0.3) is 21.7 Å². The molecule has 4 aromatic rings. The molecule has 2 fully saturated rings. The van der Waals surface area contributed by atoms with Crippen LogP contribution in [0.3, 0.4) is 0 Å². The van der Waals surface area contributed by atoms with Crippen LogP contribution in [0.15, 0.2) is 47.6 Å². The van der Waals surface area contributed by atoms with E-state index in [-0.39, 0.29) is 17.5 Å². The van der Waals surface area contributed by atoms with E-state index < -0.39 is 5.82 Å². The van der Waals surface area contributed by atoms with Crippen LogP contribution in [0.4, 0.5) is 10.1 Å². The van der Waals surface area contributed by atoms with Crippen LogP contribution in [-0.2, 0) is 4.74 Å². The number of rotatable bonds is 6. The molecule has 1 aliphatic heterocycles. The maximum Gasteiger partial charge on any atom is 0.195 e. The van der Waals surface area contributed by atoms with E-state index >= 15 is 0 Å². The van der Waals surface area contributed by atoms with Gasteiger partial charge in [0.25, 0.3) is 0 Å². The first-order valence-corrected chi connectivity index (χ1v) is 13.1. The summed E-state index contributed by atoms with van der Waals surface area (Å²) in [5.41, 5.74) is 2.66. The molecule has 2 heterocycles. The highest BCUT2D eigenvalue weighted by molar-refractivity contribution is 6.36. The van der Waals surface area contributed by atoms with Gasteiger partial charge in [-0.25, -0.2) is 14.1 Å². The average molecular weight is 519 g/mol. The lowest BCUT2D eigenvalue weighted by molar-refractivity contribution is -0.0391. The summed E-state index contributed by atoms with van der Waals surface area (Å²) < 4.78 is 22.4. The smallest absolute Gasteiger partial charge is 0.195 e. The average Bonchev–Trinajstić information content (AvgIpc) is 3.65. The number of fused-ring (bicyclic) bond motifs is 2. The van der Waals surface area contributed by atoms with E-state index in [0.29, 0.717) is 39.7 Å². The lowest BCUT2D eigenvalue weighted by Crippen LogP contribution is -2.18. The first kappa shape index (κ1) is 24.1. The summed E-state index contributed by atoms with van der Waals surface area (Å²) >= 11 is 6.68. The number of nitrogens with zero attached hydrogens (tertiary/aromatic N) is 4. The van der Waals surface area contributed by atoms with Gasteiger partial charge in [-0.3, -0.25) is 4.79 Å². The summed E-state index contributed by atoms with van der Waals surface area (Å²) in [7, 11) is 3.76. The SMILES string of the molecule is CN(C)/C=N/c1c(C(=O)c2ccc(F)c3nn(C4CCCCO4)cc23)cc(C2CC2)c2c(Cl)cccc12. The number of benzene rings is 3. The molecule has 6 nitrogen and oxygen atoms in total. The van der Waals surface area contributed by atoms with E-state index in [0.717, 1.165) is 48.4 Å². The molecule has 1 atom stereocenters. The number of aliphatic imine (C=N–C) groups is 1. The molecule has 3 aromatic carbocycles. The molecule has 2 aliphatic rings. The first-order chi connectivity index (χ1) is 17.9. The van der Waals surface area contributed by atoms with Crippen LogP contribution in [0.5, 0.6) is 0 Å². The van der Waals surface area contributed by atoms with E-state index in [1.54, 1.807) is 23.3 Å². The van der Waals surface area contributed by atoms with Crippen molar-refractivity contribution in [3.63, 3.8) is 0 Å². The highest BCUT2D eigenvalue weighted by Gasteiger charge is 2.30. The van der Waals surface area contributed by atoms with Gasteiger partial charge < -0.3 is 9.64 Å². The van der Waals surface area contributed by atoms with E-state index in [1.165, 1.54) is 6.07 Å². The van der Waals surface area contributed by atoms with Crippen LogP contribution in [0.2, 0.25) is 5.02 Å². The lowest BCUT2D eigenvalue weighted by atomic mass is 9.91. The second kappa shape index (κ2) is 9.54. The molecular weight excluding hydrogens is 491 g/mol. The van der Waals surface area contributed by atoms with Crippen molar-refractivity contribution < 1.29 is 13.9 Å². The summed E-state index contributed by atoms with van der Waals surface area (Å²) in [4.78, 5) is 20.8. The molecule has 0 bridgehead atoms. The zero-order valence-electron chi connectivity index (χ0n) is 20.9. The minimum Gasteiger partial charge on any atom is -0.369 e. The normalized spacial score (nSPS) is 18.2. The Balaban J connectivity index is 1.55. The number of aromatic nitrogens is 2. The Kier molecular flexibility index (Phi) is 6.21. The Morgan fingerprint density at radius 2 is 2.00 bits per heavy atom. The van der Waals surface area contributed by atoms with E-state index in [1.807, 2.05) is 43.3 Å². The number of halogens is 2. The van der Waals surface area contributed by atoms with Gasteiger partial charge in [0.1, 0.15) is 11.7 Å². The standard InChI is InChI=1S/C29H28ClFN4O2/c1-34(2)16-32-27-19-6-5-7-23(30)26(19)20(17-9-10-17)14-21(27)29(36)18-11-12-24(31)28-22(18)15-35(33-28)25-8-3-4-13-37-25/h5-7,11-12,14-17,25H,3-4,8-10,13H2,1-2H3/b32-16+. The lowest BCUT2D eigenvalue weighted by Gasteiger charge is -2.22. The maximum absolute atomic E-state index is 14.9. The third-order valence-corrected chi connectivity index (χ3v) is 7.45. The Labute approximate surface area is 219 Å². The highest BCUT2D eigenvalue weighted by atomic mass is 35.5. The summed E-state index contributed by atoms with van der Waals surface area (Å²) in [6.45, 7) is 0.645. The molecule has 1 unspecified atom stereocenters. The quantitative estimate of drug-likeness (QED) is 0.156. The van der Waals surface area contributed by atoms with Gasteiger partial charge in [0.05, 0.1) is 12.0 Å². The predicted molar refractivity (Wildman–Crippen MR) is 145 cm³/mol. The third kappa shape index (κ3) is 4.40. The van der Waals surface area contributed by atoms with Gasteiger partial charge in [0.2, 0.25) is 0 Å². The van der Waals surface area contributed by atoms with Crippen LogP contribution in [0, 0.1) is 5.82 Å². The van der Waals surface area contributed by atoms with E-state index in [9.17, 15) is 9.18 Å². The minimum atomic E-state index is -0.462. The fourth-order valence-corrected chi connectivity index (χ4v) is 5.45. The highest BCUT2D eigenvalue weighted by Crippen LogP contribution is 2.48. The maximum atomic E-state index is 14.9. The third-order valence-electron chi connectivity index (χ3n) is 7.13. The van der Waals surface area contributed by atoms with Gasteiger partial charge in [0, 0.05) is 59.2 Å². The van der Waals surface area contributed by atoms with Crippen molar-refractivity contribution in [1.82, 2.24) is 14.7 Å². The molecule has 6 rings (SSSR count). The zero-order valence-corrected chi connectivity index (χ0v) is 21.6. The number of ketones is 1. The molecule has 8 heteroatoms. The summed E-state index contributed by atoms with van der Waals surface area (Å²) in [5, 5.41) is 7.39. The molecule has 190 valence electrons. The van der Waals surface area contributed by atoms with Crippen molar-refractivity contribution in [2.24, 2.45) is 4.99 Å². The van der Waals surface area contributed by atoms with Crippen molar-refractivity contribution in [2.75, 3.05) is 20.7 Å². The van der Waals surface area contributed by atoms with Crippen molar-refractivity contribution in [3.05, 3.63) is 70.1 Å². The number of hydrogen-bond donors (Lipinski definition) is 0. The molecule has 0 radical (unpaired) electrons. The zero-order chi connectivity index (χ0) is 25.7. The van der Waals surface area contributed by atoms with E-state index in [2.05, 4.69) is 5.10 Å². The summed E-state index contributed by atoms with van der Waals surface area (Å²) in [5.74, 6) is -0.319. The summed E-state index contributed by atoms with van der Waals surface area (Å²) in [6.07, 6.45) is 8.11. The molecule has 0 N–H and O–H groups in total. The Morgan fingerprint density at radius 1 is 1.16 bits per heavy atom. The fourth-order valence-electron chi connectivity index (χ4n) is 5.17. The Morgan fingerprint density at radius 3 is 2.73 bits per heavy atom. The molecule has 1 saturated carbocycles. The number of ether oxygens (including phenoxy) is 1. The first-order valence-electron chi connectivity index (χ1n) is 12.7. The molecule has 1 saturated heterocycles. The van der Waals surface area contributed by atoms with Crippen LogP contribution < -0.4 is 0 Å². The number of hydrogen-bond acceptors (Lipinski definition) is 4. The van der Waals surface area contributed by atoms with Gasteiger partial charge >= 0.3 is 0 Å². The molecule has 37 heavy (non-hydrogen) atoms. The van der Waals surface area contributed by atoms with Crippen molar-refractivity contribution in [1.29, 1.82) is 0 Å². The topological polar surface area (TPSA) is 59.7 Å². The monoisotopic (exact) mass is 518 g/mol. The van der Waals surface area contributed by atoms with Crippen LogP contribution >= 0.6 is 11.6 Å². The largest absolute Gasteiger partial charge is 0.369 e. The molecule has 1 aliphatic carbocycles. The Bertz CT molecular complexity index is 1550. The minimum absolute atomic E-state index is 0.171. The predicted octanol–water partition coefficient (Wildman–Crippen LogP) is 7.01. The molecule has 0 amide bonds. The molecular formula is C29H28ClFN4O2. The fraction of sp³-hybridized carbons (Fsp3) is 0.345. The molecule has 0 spiro atoms. The van der Waals surface area contributed by atoms with Crippen molar-refractivity contribution >= 4 is 51.1 Å². The van der Waals surface area contributed by atoms with Gasteiger partial charge in [0.15, 0.2) is 11.6 Å². The van der Waals surface area contributed by atoms with Gasteiger partial charge in [-0.2, -0.15) is 5.10 Å². The van der Waals surface area contributed by atoms with Gasteiger partial charge in [-0.15, -0.1) is 0 Å². The summed E-state index contributed by atoms with van der Waals surface area (Å²) in [6, 6.07) is 10.5. The molecule has 1 aromatic heterocycles. The van der Waals surface area contributed by atoms with Crippen molar-refractivity contribution in [2.45, 2.75) is 44.2 Å². The second-order valence-corrected chi connectivity index (χ2v) is 10.5. The van der Waals surface area contributed by atoms with Crippen LogP contribution in [-0.4, -0.2) is 47.5 Å². The van der Waals surface area contributed by atoms with Crippen LogP contribution in [0.1, 0.15) is 65.7 Å². The van der Waals surface area contributed by atoms with E-state index in [4.69, 9.17) is 21.3 Å². The van der Waals surface area contributed by atoms with Gasteiger partial charge in [-0.05, 0) is 67.9 Å². The second-order valence-electron chi connectivity index (χ2n) is 10.1. The number of carbonyl (C=O) groups is 1. The Hall–Kier alpha value is -3.29. The van der Waals surface area contributed by atoms with Gasteiger partial charge in [-0.1, -0.05) is 23.7 Å². The number of carbonyl (C=O) groups excluding carboxylic acids is 1.